The fourth-order valence-electron chi connectivity index (χ4n) is 1.49. The number of nitrogens with zero attached hydrogens (tertiary/aromatic N) is 1. The zero-order valence-corrected chi connectivity index (χ0v) is 10.2. The number of nitriles is 1. The van der Waals surface area contributed by atoms with Gasteiger partial charge in [0.2, 0.25) is 0 Å². The van der Waals surface area contributed by atoms with Crippen LogP contribution in [0, 0.1) is 23.0 Å². The average Bonchev–Trinajstić information content (AvgIpc) is 2.39. The van der Waals surface area contributed by atoms with E-state index in [2.05, 4.69) is 0 Å². The number of benzene rings is 2. The van der Waals surface area contributed by atoms with Gasteiger partial charge in [-0.25, -0.2) is 8.78 Å². The SMILES string of the molecule is N#Cc1cccc(CSc2ccccc2F)c1F. The summed E-state index contributed by atoms with van der Waals surface area (Å²) in [6.45, 7) is 0. The van der Waals surface area contributed by atoms with Gasteiger partial charge in [0.25, 0.3) is 0 Å². The first-order valence-electron chi connectivity index (χ1n) is 5.27. The first kappa shape index (κ1) is 12.6. The van der Waals surface area contributed by atoms with Crippen LogP contribution in [0.1, 0.15) is 11.1 Å². The van der Waals surface area contributed by atoms with E-state index in [1.165, 1.54) is 23.9 Å². The molecule has 0 heterocycles. The Kier molecular flexibility index (Phi) is 3.96. The molecule has 0 atom stereocenters. The van der Waals surface area contributed by atoms with E-state index in [1.54, 1.807) is 36.4 Å². The summed E-state index contributed by atoms with van der Waals surface area (Å²) in [5.41, 5.74) is 0.420. The van der Waals surface area contributed by atoms with Gasteiger partial charge in [-0.3, -0.25) is 0 Å². The minimum atomic E-state index is -0.524. The lowest BCUT2D eigenvalue weighted by Crippen LogP contribution is -1.92. The second-order valence-corrected chi connectivity index (χ2v) is 4.63. The molecule has 2 rings (SSSR count). The Hall–Kier alpha value is -1.86. The molecule has 18 heavy (non-hydrogen) atoms. The third-order valence-electron chi connectivity index (χ3n) is 2.42. The van der Waals surface area contributed by atoms with Gasteiger partial charge in [-0.15, -0.1) is 11.8 Å². The van der Waals surface area contributed by atoms with Crippen LogP contribution in [0.15, 0.2) is 47.4 Å². The van der Waals surface area contributed by atoms with Crippen molar-refractivity contribution >= 4 is 11.8 Å². The molecular weight excluding hydrogens is 252 g/mol. The van der Waals surface area contributed by atoms with Crippen LogP contribution in [0.5, 0.6) is 0 Å². The molecule has 1 nitrogen and oxygen atoms in total. The van der Waals surface area contributed by atoms with Gasteiger partial charge in [-0.2, -0.15) is 5.26 Å². The lowest BCUT2D eigenvalue weighted by molar-refractivity contribution is 0.601. The van der Waals surface area contributed by atoms with E-state index in [-0.39, 0.29) is 11.4 Å². The molecule has 0 radical (unpaired) electrons. The normalized spacial score (nSPS) is 10.1. The number of hydrogen-bond acceptors (Lipinski definition) is 2. The van der Waals surface area contributed by atoms with Gasteiger partial charge in [0.05, 0.1) is 5.56 Å². The van der Waals surface area contributed by atoms with Crippen LogP contribution < -0.4 is 0 Å². The van der Waals surface area contributed by atoms with Crippen molar-refractivity contribution in [3.63, 3.8) is 0 Å². The highest BCUT2D eigenvalue weighted by molar-refractivity contribution is 7.98. The molecule has 0 aliphatic heterocycles. The standard InChI is InChI=1S/C14H9F2NS/c15-12-6-1-2-7-13(12)18-9-11-5-3-4-10(8-17)14(11)16/h1-7H,9H2. The molecule has 0 aromatic heterocycles. The molecule has 0 unspecified atom stereocenters. The summed E-state index contributed by atoms with van der Waals surface area (Å²) < 4.78 is 27.1. The van der Waals surface area contributed by atoms with Crippen molar-refractivity contribution in [2.45, 2.75) is 10.6 Å². The van der Waals surface area contributed by atoms with Gasteiger partial charge in [0.15, 0.2) is 0 Å². The summed E-state index contributed by atoms with van der Waals surface area (Å²) in [6.07, 6.45) is 0. The highest BCUT2D eigenvalue weighted by atomic mass is 32.2. The largest absolute Gasteiger partial charge is 0.206 e. The number of hydrogen-bond donors (Lipinski definition) is 0. The van der Waals surface area contributed by atoms with Crippen molar-refractivity contribution < 1.29 is 8.78 Å². The lowest BCUT2D eigenvalue weighted by Gasteiger charge is -2.05. The molecule has 0 saturated carbocycles. The maximum Gasteiger partial charge on any atom is 0.144 e. The van der Waals surface area contributed by atoms with E-state index < -0.39 is 5.82 Å². The Morgan fingerprint density at radius 3 is 2.56 bits per heavy atom. The summed E-state index contributed by atoms with van der Waals surface area (Å²) >= 11 is 1.21. The maximum absolute atomic E-state index is 13.7. The molecular formula is C14H9F2NS. The molecule has 0 amide bonds. The predicted octanol–water partition coefficient (Wildman–Crippen LogP) is 4.13. The Morgan fingerprint density at radius 1 is 1.06 bits per heavy atom. The fourth-order valence-corrected chi connectivity index (χ4v) is 2.41. The van der Waals surface area contributed by atoms with Crippen LogP contribution in [0.4, 0.5) is 8.78 Å². The van der Waals surface area contributed by atoms with Crippen molar-refractivity contribution in [2.24, 2.45) is 0 Å². The van der Waals surface area contributed by atoms with E-state index in [4.69, 9.17) is 5.26 Å². The number of halogens is 2. The molecule has 0 spiro atoms. The second-order valence-electron chi connectivity index (χ2n) is 3.61. The average molecular weight is 261 g/mol. The predicted molar refractivity (Wildman–Crippen MR) is 67.1 cm³/mol. The minimum absolute atomic E-state index is 0.0154. The molecule has 0 aliphatic carbocycles. The minimum Gasteiger partial charge on any atom is -0.206 e. The topological polar surface area (TPSA) is 23.8 Å². The Balaban J connectivity index is 2.17. The Morgan fingerprint density at radius 2 is 1.83 bits per heavy atom. The van der Waals surface area contributed by atoms with Crippen molar-refractivity contribution in [1.82, 2.24) is 0 Å². The molecule has 0 fully saturated rings. The zero-order chi connectivity index (χ0) is 13.0. The quantitative estimate of drug-likeness (QED) is 0.776. The van der Waals surface area contributed by atoms with E-state index in [9.17, 15) is 8.78 Å². The first-order chi connectivity index (χ1) is 8.72. The van der Waals surface area contributed by atoms with Crippen LogP contribution in [0.3, 0.4) is 0 Å². The summed E-state index contributed by atoms with van der Waals surface area (Å²) in [6, 6.07) is 12.8. The molecule has 2 aromatic rings. The van der Waals surface area contributed by atoms with Crippen LogP contribution in [-0.2, 0) is 5.75 Å². The smallest absolute Gasteiger partial charge is 0.144 e. The van der Waals surface area contributed by atoms with Gasteiger partial charge < -0.3 is 0 Å². The van der Waals surface area contributed by atoms with Gasteiger partial charge in [0.1, 0.15) is 17.7 Å². The third kappa shape index (κ3) is 2.69. The molecule has 90 valence electrons. The zero-order valence-electron chi connectivity index (χ0n) is 9.36. The van der Waals surface area contributed by atoms with E-state index in [0.717, 1.165) is 0 Å². The summed E-state index contributed by atoms with van der Waals surface area (Å²) in [4.78, 5) is 0.472. The molecule has 0 saturated heterocycles. The van der Waals surface area contributed by atoms with E-state index in [0.29, 0.717) is 16.2 Å². The van der Waals surface area contributed by atoms with Crippen LogP contribution in [0.25, 0.3) is 0 Å². The second kappa shape index (κ2) is 5.65. The van der Waals surface area contributed by atoms with Crippen molar-refractivity contribution in [2.75, 3.05) is 0 Å². The van der Waals surface area contributed by atoms with Crippen molar-refractivity contribution in [3.05, 3.63) is 65.2 Å². The van der Waals surface area contributed by atoms with Crippen molar-refractivity contribution in [3.8, 4) is 6.07 Å². The van der Waals surface area contributed by atoms with Gasteiger partial charge in [-0.05, 0) is 23.8 Å². The third-order valence-corrected chi connectivity index (χ3v) is 3.52. The molecule has 0 aliphatic rings. The summed E-state index contributed by atoms with van der Waals surface area (Å²) in [7, 11) is 0. The maximum atomic E-state index is 13.7. The molecule has 4 heteroatoms. The summed E-state index contributed by atoms with van der Waals surface area (Å²) in [5, 5.41) is 8.72. The van der Waals surface area contributed by atoms with Gasteiger partial charge >= 0.3 is 0 Å². The van der Waals surface area contributed by atoms with Gasteiger partial charge in [0, 0.05) is 10.6 Å². The Labute approximate surface area is 108 Å². The van der Waals surface area contributed by atoms with E-state index >= 15 is 0 Å². The number of thioether (sulfide) groups is 1. The lowest BCUT2D eigenvalue weighted by atomic mass is 10.1. The highest BCUT2D eigenvalue weighted by Gasteiger charge is 2.09. The molecule has 2 aromatic carbocycles. The first-order valence-corrected chi connectivity index (χ1v) is 6.25. The van der Waals surface area contributed by atoms with Crippen LogP contribution in [-0.4, -0.2) is 0 Å². The van der Waals surface area contributed by atoms with E-state index in [1.807, 2.05) is 0 Å². The molecule has 0 bridgehead atoms. The van der Waals surface area contributed by atoms with Crippen LogP contribution in [0.2, 0.25) is 0 Å². The number of rotatable bonds is 3. The Bertz CT molecular complexity index is 605. The molecule has 0 N–H and O–H groups in total. The fraction of sp³-hybridized carbons (Fsp3) is 0.0714. The monoisotopic (exact) mass is 261 g/mol. The highest BCUT2D eigenvalue weighted by Crippen LogP contribution is 2.26. The summed E-state index contributed by atoms with van der Waals surface area (Å²) in [5.74, 6) is -0.550. The van der Waals surface area contributed by atoms with Crippen LogP contribution >= 0.6 is 11.8 Å². The van der Waals surface area contributed by atoms with Crippen molar-refractivity contribution in [1.29, 1.82) is 5.26 Å². The van der Waals surface area contributed by atoms with Gasteiger partial charge in [-0.1, -0.05) is 24.3 Å².